The van der Waals surface area contributed by atoms with Gasteiger partial charge in [-0.3, -0.25) is 19.5 Å². The fourth-order valence-electron chi connectivity index (χ4n) is 4.88. The number of nitrogens with zero attached hydrogens (tertiary/aromatic N) is 3. The SMILES string of the molecule is Cc1ccc2c(c1)C1(C(=O)N2)C(C#N)=C(N)N(c2cccnc2)C2=C1C(=O)CCC2. The van der Waals surface area contributed by atoms with Gasteiger partial charge < -0.3 is 11.1 Å². The van der Waals surface area contributed by atoms with E-state index in [2.05, 4.69) is 16.4 Å². The average molecular weight is 397 g/mol. The third kappa shape index (κ3) is 2.16. The molecule has 3 aliphatic rings. The number of rotatable bonds is 1. The number of carbonyl (C=O) groups is 2. The third-order valence-electron chi connectivity index (χ3n) is 6.09. The van der Waals surface area contributed by atoms with Crippen molar-refractivity contribution in [3.8, 4) is 6.07 Å². The lowest BCUT2D eigenvalue weighted by Gasteiger charge is -2.43. The second-order valence-corrected chi connectivity index (χ2v) is 7.77. The first-order valence-corrected chi connectivity index (χ1v) is 9.80. The zero-order valence-corrected chi connectivity index (χ0v) is 16.4. The Morgan fingerprint density at radius 2 is 2.10 bits per heavy atom. The molecule has 1 aromatic carbocycles. The molecule has 1 aromatic heterocycles. The molecule has 3 N–H and O–H groups in total. The minimum absolute atomic E-state index is 0.0715. The van der Waals surface area contributed by atoms with Gasteiger partial charge in [0.25, 0.3) is 0 Å². The van der Waals surface area contributed by atoms with Crippen LogP contribution in [-0.4, -0.2) is 16.7 Å². The van der Waals surface area contributed by atoms with E-state index in [9.17, 15) is 14.9 Å². The molecule has 7 heteroatoms. The van der Waals surface area contributed by atoms with Crippen molar-refractivity contribution >= 4 is 23.1 Å². The monoisotopic (exact) mass is 397 g/mol. The summed E-state index contributed by atoms with van der Waals surface area (Å²) in [7, 11) is 0. The number of aromatic nitrogens is 1. The van der Waals surface area contributed by atoms with E-state index in [1.165, 1.54) is 0 Å². The summed E-state index contributed by atoms with van der Waals surface area (Å²) in [5.41, 5.74) is 8.93. The number of hydrogen-bond acceptors (Lipinski definition) is 6. The Bertz CT molecular complexity index is 1220. The van der Waals surface area contributed by atoms with Crippen molar-refractivity contribution in [3.63, 3.8) is 0 Å². The van der Waals surface area contributed by atoms with Crippen LogP contribution in [0.5, 0.6) is 0 Å². The second kappa shape index (κ2) is 6.29. The lowest BCUT2D eigenvalue weighted by Crippen LogP contribution is -2.50. The quantitative estimate of drug-likeness (QED) is 0.765. The third-order valence-corrected chi connectivity index (χ3v) is 6.09. The maximum absolute atomic E-state index is 13.5. The van der Waals surface area contributed by atoms with Gasteiger partial charge in [-0.15, -0.1) is 0 Å². The lowest BCUT2D eigenvalue weighted by atomic mass is 9.63. The van der Waals surface area contributed by atoms with E-state index in [0.717, 1.165) is 5.56 Å². The molecule has 1 unspecified atom stereocenters. The fraction of sp³-hybridized carbons (Fsp3) is 0.217. The smallest absolute Gasteiger partial charge is 0.245 e. The number of ketones is 1. The second-order valence-electron chi connectivity index (χ2n) is 7.77. The molecule has 2 aromatic rings. The Labute approximate surface area is 173 Å². The number of benzene rings is 1. The highest BCUT2D eigenvalue weighted by atomic mass is 16.2. The first-order chi connectivity index (χ1) is 14.5. The predicted octanol–water partition coefficient (Wildman–Crippen LogP) is 2.80. The van der Waals surface area contributed by atoms with E-state index in [1.54, 1.807) is 23.4 Å². The Kier molecular flexibility index (Phi) is 3.80. The van der Waals surface area contributed by atoms with Crippen LogP contribution in [0.25, 0.3) is 0 Å². The molecule has 1 atom stereocenters. The number of amides is 1. The number of nitrogens with one attached hydrogen (secondary N) is 1. The van der Waals surface area contributed by atoms with Gasteiger partial charge in [0, 0.05) is 35.1 Å². The average Bonchev–Trinajstić information content (AvgIpc) is 3.01. The molecule has 0 saturated heterocycles. The minimum Gasteiger partial charge on any atom is -0.384 e. The summed E-state index contributed by atoms with van der Waals surface area (Å²) in [4.78, 5) is 32.7. The zero-order chi connectivity index (χ0) is 21.0. The number of carbonyl (C=O) groups excluding carboxylic acids is 2. The molecule has 0 saturated carbocycles. The van der Waals surface area contributed by atoms with Crippen LogP contribution in [0, 0.1) is 18.3 Å². The Morgan fingerprint density at radius 1 is 1.27 bits per heavy atom. The van der Waals surface area contributed by atoms with Gasteiger partial charge in [-0.2, -0.15) is 5.26 Å². The molecule has 3 heterocycles. The van der Waals surface area contributed by atoms with Crippen LogP contribution in [0.1, 0.15) is 30.4 Å². The molecule has 1 spiro atoms. The molecule has 0 fully saturated rings. The van der Waals surface area contributed by atoms with Gasteiger partial charge in [0.15, 0.2) is 5.78 Å². The summed E-state index contributed by atoms with van der Waals surface area (Å²) in [5.74, 6) is -0.380. The van der Waals surface area contributed by atoms with Crippen molar-refractivity contribution < 1.29 is 9.59 Å². The van der Waals surface area contributed by atoms with Gasteiger partial charge in [-0.25, -0.2) is 0 Å². The highest BCUT2D eigenvalue weighted by molar-refractivity contribution is 6.19. The van der Waals surface area contributed by atoms with Gasteiger partial charge in [-0.1, -0.05) is 17.7 Å². The highest BCUT2D eigenvalue weighted by Crippen LogP contribution is 2.55. The number of pyridine rings is 1. The van der Waals surface area contributed by atoms with E-state index >= 15 is 0 Å². The molecule has 30 heavy (non-hydrogen) atoms. The number of nitrogens with two attached hydrogens (primary N) is 1. The van der Waals surface area contributed by atoms with Crippen LogP contribution in [0.3, 0.4) is 0 Å². The molecule has 0 bridgehead atoms. The van der Waals surface area contributed by atoms with Crippen LogP contribution in [-0.2, 0) is 15.0 Å². The Balaban J connectivity index is 1.90. The normalized spacial score (nSPS) is 22.7. The Hall–Kier alpha value is -3.92. The number of nitriles is 1. The maximum atomic E-state index is 13.5. The van der Waals surface area contributed by atoms with E-state index in [1.807, 2.05) is 31.2 Å². The van der Waals surface area contributed by atoms with E-state index in [0.29, 0.717) is 47.5 Å². The van der Waals surface area contributed by atoms with Crippen molar-refractivity contribution in [2.24, 2.45) is 5.73 Å². The predicted molar refractivity (Wildman–Crippen MR) is 111 cm³/mol. The van der Waals surface area contributed by atoms with Crippen molar-refractivity contribution in [3.05, 3.63) is 76.5 Å². The van der Waals surface area contributed by atoms with Crippen LogP contribution >= 0.6 is 0 Å². The number of hydrogen-bond donors (Lipinski definition) is 2. The van der Waals surface area contributed by atoms with E-state index in [-0.39, 0.29) is 17.2 Å². The van der Waals surface area contributed by atoms with Gasteiger partial charge in [0.2, 0.25) is 5.91 Å². The summed E-state index contributed by atoms with van der Waals surface area (Å²) < 4.78 is 0. The molecule has 148 valence electrons. The van der Waals surface area contributed by atoms with Gasteiger partial charge in [0.1, 0.15) is 17.3 Å². The highest BCUT2D eigenvalue weighted by Gasteiger charge is 2.60. The van der Waals surface area contributed by atoms with Crippen molar-refractivity contribution in [1.82, 2.24) is 4.98 Å². The number of fused-ring (bicyclic) bond motifs is 3. The molecule has 5 rings (SSSR count). The summed E-state index contributed by atoms with van der Waals surface area (Å²) in [6, 6.07) is 11.3. The topological polar surface area (TPSA) is 112 Å². The molecular formula is C23H19N5O2. The molecule has 1 aliphatic carbocycles. The zero-order valence-electron chi connectivity index (χ0n) is 16.4. The summed E-state index contributed by atoms with van der Waals surface area (Å²) in [6.07, 6.45) is 4.84. The van der Waals surface area contributed by atoms with E-state index in [4.69, 9.17) is 5.73 Å². The van der Waals surface area contributed by atoms with Gasteiger partial charge in [0.05, 0.1) is 17.5 Å². The van der Waals surface area contributed by atoms with Crippen LogP contribution in [0.4, 0.5) is 11.4 Å². The van der Waals surface area contributed by atoms with Crippen molar-refractivity contribution in [2.75, 3.05) is 10.2 Å². The standard InChI is InChI=1S/C23H19N5O2/c1-13-7-8-17-15(10-13)23(22(30)27-17)16(11-24)21(25)28(14-4-3-9-26-12-14)18-5-2-6-19(29)20(18)23/h3-4,7-10,12H,2,5-6,25H2,1H3,(H,27,30). The van der Waals surface area contributed by atoms with Crippen LogP contribution in [0.15, 0.2) is 65.4 Å². The number of anilines is 2. The van der Waals surface area contributed by atoms with Crippen LogP contribution in [0.2, 0.25) is 0 Å². The molecular weight excluding hydrogens is 378 g/mol. The van der Waals surface area contributed by atoms with Gasteiger partial charge >= 0.3 is 0 Å². The molecule has 0 radical (unpaired) electrons. The molecule has 2 aliphatic heterocycles. The van der Waals surface area contributed by atoms with Crippen molar-refractivity contribution in [2.45, 2.75) is 31.6 Å². The first kappa shape index (κ1) is 18.1. The minimum atomic E-state index is -1.52. The summed E-state index contributed by atoms with van der Waals surface area (Å²) in [5, 5.41) is 13.1. The molecule has 7 nitrogen and oxygen atoms in total. The Morgan fingerprint density at radius 3 is 2.83 bits per heavy atom. The first-order valence-electron chi connectivity index (χ1n) is 9.80. The van der Waals surface area contributed by atoms with Crippen LogP contribution < -0.4 is 16.0 Å². The molecule has 1 amide bonds. The van der Waals surface area contributed by atoms with E-state index < -0.39 is 11.3 Å². The fourth-order valence-corrected chi connectivity index (χ4v) is 4.88. The number of allylic oxidation sites excluding steroid dienone is 1. The summed E-state index contributed by atoms with van der Waals surface area (Å²) in [6.45, 7) is 1.92. The summed E-state index contributed by atoms with van der Waals surface area (Å²) >= 11 is 0. The largest absolute Gasteiger partial charge is 0.384 e. The number of aryl methyl sites for hydroxylation is 1. The van der Waals surface area contributed by atoms with Crippen molar-refractivity contribution in [1.29, 1.82) is 5.26 Å². The maximum Gasteiger partial charge on any atom is 0.245 e. The lowest BCUT2D eigenvalue weighted by molar-refractivity contribution is -0.122. The van der Waals surface area contributed by atoms with Gasteiger partial charge in [-0.05, 0) is 38.0 Å². The number of Topliss-reactive ketones (excluding diaryl/α,β-unsaturated/α-hetero) is 1.